The summed E-state index contributed by atoms with van der Waals surface area (Å²) in [5.74, 6) is 0.466. The number of hydrogen-bond acceptors (Lipinski definition) is 8. The zero-order valence-electron chi connectivity index (χ0n) is 22.6. The zero-order chi connectivity index (χ0) is 29.6. The number of halogens is 1. The summed E-state index contributed by atoms with van der Waals surface area (Å²) in [5.41, 5.74) is 2.77. The second kappa shape index (κ2) is 12.5. The van der Waals surface area contributed by atoms with Crippen molar-refractivity contribution in [3.63, 3.8) is 0 Å². The summed E-state index contributed by atoms with van der Waals surface area (Å²) < 4.78 is 50.5. The number of nitrogens with zero attached hydrogens (tertiary/aromatic N) is 3. The summed E-state index contributed by atoms with van der Waals surface area (Å²) in [5, 5.41) is 5.92. The fourth-order valence-electron chi connectivity index (χ4n) is 4.24. The predicted octanol–water partition coefficient (Wildman–Crippen LogP) is 5.38. The maximum atomic E-state index is 13.2. The van der Waals surface area contributed by atoms with Crippen molar-refractivity contribution < 1.29 is 27.1 Å². The maximum absolute atomic E-state index is 13.2. The highest BCUT2D eigenvalue weighted by Gasteiger charge is 2.21. The molecule has 1 aromatic heterocycles. The van der Waals surface area contributed by atoms with Crippen LogP contribution in [0.5, 0.6) is 11.5 Å². The van der Waals surface area contributed by atoms with Gasteiger partial charge in [-0.05, 0) is 48.0 Å². The lowest BCUT2D eigenvalue weighted by Gasteiger charge is -2.21. The number of ether oxygens (including phenoxy) is 2. The molecule has 12 heteroatoms. The van der Waals surface area contributed by atoms with E-state index in [0.717, 1.165) is 4.31 Å². The van der Waals surface area contributed by atoms with Crippen LogP contribution in [-0.4, -0.2) is 38.5 Å². The first-order valence-electron chi connectivity index (χ1n) is 12.7. The molecular weight excluding hydrogens is 561 g/mol. The molecule has 0 unspecified atom stereocenters. The van der Waals surface area contributed by atoms with Crippen LogP contribution in [0.4, 0.5) is 33.1 Å². The predicted molar refractivity (Wildman–Crippen MR) is 160 cm³/mol. The van der Waals surface area contributed by atoms with E-state index in [1.807, 2.05) is 0 Å². The molecule has 0 radical (unpaired) electrons. The Hall–Kier alpha value is -5.23. The van der Waals surface area contributed by atoms with Gasteiger partial charge >= 0.3 is 0 Å². The third-order valence-electron chi connectivity index (χ3n) is 6.18. The standard InChI is InChI=1S/C30H26FN5O5S/c1-40-24-16-22(17-25(18-24)41-2)33-29-30(35-27-9-4-3-8-26(27)34-29)36(42(38)39)23-7-5-6-21(15-23)32-28(37)14-19-10-12-20(31)13-11-19/h3-13,15-18,42H,14H2,1-2H3,(H,32,37)(H,33,34). The van der Waals surface area contributed by atoms with Crippen LogP contribution >= 0.6 is 0 Å². The molecule has 1 heterocycles. The zero-order valence-corrected chi connectivity index (χ0v) is 23.5. The van der Waals surface area contributed by atoms with E-state index in [0.29, 0.717) is 39.5 Å². The number of fused-ring (bicyclic) bond motifs is 1. The molecule has 0 fully saturated rings. The van der Waals surface area contributed by atoms with Crippen molar-refractivity contribution in [1.82, 2.24) is 9.97 Å². The first kappa shape index (κ1) is 28.3. The van der Waals surface area contributed by atoms with Crippen molar-refractivity contribution in [3.05, 3.63) is 102 Å². The van der Waals surface area contributed by atoms with Crippen LogP contribution in [0.15, 0.2) is 91.0 Å². The van der Waals surface area contributed by atoms with Crippen molar-refractivity contribution in [3.8, 4) is 11.5 Å². The molecule has 0 aliphatic heterocycles. The van der Waals surface area contributed by atoms with Crippen LogP contribution in [0, 0.1) is 5.82 Å². The van der Waals surface area contributed by atoms with Gasteiger partial charge in [0.1, 0.15) is 17.3 Å². The molecule has 0 saturated carbocycles. The second-order valence-corrected chi connectivity index (χ2v) is 9.94. The summed E-state index contributed by atoms with van der Waals surface area (Å²) in [6.45, 7) is 0. The molecule has 0 saturated heterocycles. The third kappa shape index (κ3) is 6.56. The number of anilines is 5. The SMILES string of the molecule is COc1cc(Nc2nc3ccccc3nc2N(c2cccc(NC(=O)Cc3ccc(F)cc3)c2)[SH](=O)=O)cc(OC)c1. The van der Waals surface area contributed by atoms with Gasteiger partial charge in [0.25, 0.3) is 0 Å². The van der Waals surface area contributed by atoms with E-state index < -0.39 is 16.7 Å². The maximum Gasteiger partial charge on any atom is 0.230 e. The smallest absolute Gasteiger partial charge is 0.230 e. The van der Waals surface area contributed by atoms with Gasteiger partial charge in [0.05, 0.1) is 37.4 Å². The van der Waals surface area contributed by atoms with Crippen LogP contribution in [0.25, 0.3) is 11.0 Å². The number of carbonyl (C=O) groups is 1. The van der Waals surface area contributed by atoms with Gasteiger partial charge in [-0.25, -0.2) is 27.1 Å². The number of thiol groups is 1. The van der Waals surface area contributed by atoms with E-state index in [-0.39, 0.29) is 29.7 Å². The molecule has 4 aromatic carbocycles. The minimum absolute atomic E-state index is 0.0122. The van der Waals surface area contributed by atoms with E-state index in [9.17, 15) is 17.6 Å². The Morgan fingerprint density at radius 2 is 1.50 bits per heavy atom. The number of aromatic nitrogens is 2. The lowest BCUT2D eigenvalue weighted by atomic mass is 10.1. The summed E-state index contributed by atoms with van der Waals surface area (Å²) in [7, 11) is -0.218. The monoisotopic (exact) mass is 587 g/mol. The van der Waals surface area contributed by atoms with Gasteiger partial charge in [-0.15, -0.1) is 0 Å². The highest BCUT2D eigenvalue weighted by atomic mass is 32.2. The highest BCUT2D eigenvalue weighted by molar-refractivity contribution is 7.74. The van der Waals surface area contributed by atoms with Gasteiger partial charge in [0.15, 0.2) is 11.6 Å². The van der Waals surface area contributed by atoms with Crippen LogP contribution in [0.3, 0.4) is 0 Å². The molecule has 0 aliphatic carbocycles. The quantitative estimate of drug-likeness (QED) is 0.186. The number of rotatable bonds is 10. The molecule has 2 N–H and O–H groups in total. The highest BCUT2D eigenvalue weighted by Crippen LogP contribution is 2.35. The Morgan fingerprint density at radius 1 is 0.833 bits per heavy atom. The van der Waals surface area contributed by atoms with Crippen LogP contribution in [-0.2, 0) is 22.1 Å². The summed E-state index contributed by atoms with van der Waals surface area (Å²) in [6, 6.07) is 24.2. The molecule has 1 amide bonds. The minimum atomic E-state index is -3.26. The Morgan fingerprint density at radius 3 is 2.14 bits per heavy atom. The normalized spacial score (nSPS) is 10.9. The lowest BCUT2D eigenvalue weighted by molar-refractivity contribution is -0.115. The number of nitrogens with one attached hydrogen (secondary N) is 2. The number of hydrogen-bond donors (Lipinski definition) is 3. The molecule has 214 valence electrons. The van der Waals surface area contributed by atoms with Gasteiger partial charge in [-0.1, -0.05) is 30.3 Å². The Kier molecular flexibility index (Phi) is 8.44. The number of carbonyl (C=O) groups excluding carboxylic acids is 1. The van der Waals surface area contributed by atoms with Crippen molar-refractivity contribution in [1.29, 1.82) is 0 Å². The van der Waals surface area contributed by atoms with Crippen LogP contribution in [0.1, 0.15) is 5.56 Å². The van der Waals surface area contributed by atoms with E-state index in [2.05, 4.69) is 20.6 Å². The topological polar surface area (TPSA) is 123 Å². The second-order valence-electron chi connectivity index (χ2n) is 9.06. The fraction of sp³-hybridized carbons (Fsp3) is 0.100. The molecular formula is C30H26FN5O5S. The summed E-state index contributed by atoms with van der Waals surface area (Å²) in [6.07, 6.45) is 0.0122. The first-order chi connectivity index (χ1) is 20.3. The molecule has 5 rings (SSSR count). The Labute approximate surface area is 242 Å². The van der Waals surface area contributed by atoms with Crippen molar-refractivity contribution in [2.45, 2.75) is 6.42 Å². The molecule has 42 heavy (non-hydrogen) atoms. The van der Waals surface area contributed by atoms with Gasteiger partial charge in [-0.2, -0.15) is 0 Å². The molecule has 0 aliphatic rings. The van der Waals surface area contributed by atoms with Gasteiger partial charge < -0.3 is 20.1 Å². The number of amides is 1. The molecule has 0 atom stereocenters. The largest absolute Gasteiger partial charge is 0.497 e. The summed E-state index contributed by atoms with van der Waals surface area (Å²) in [4.78, 5) is 22.0. The lowest BCUT2D eigenvalue weighted by Crippen LogP contribution is -2.19. The van der Waals surface area contributed by atoms with Gasteiger partial charge in [0.2, 0.25) is 16.8 Å². The fourth-order valence-corrected chi connectivity index (χ4v) is 4.85. The molecule has 10 nitrogen and oxygen atoms in total. The minimum Gasteiger partial charge on any atom is -0.497 e. The Balaban J connectivity index is 1.52. The van der Waals surface area contributed by atoms with Crippen LogP contribution in [0.2, 0.25) is 0 Å². The van der Waals surface area contributed by atoms with E-state index in [4.69, 9.17) is 9.47 Å². The Bertz CT molecular complexity index is 1800. The third-order valence-corrected chi connectivity index (χ3v) is 6.93. The van der Waals surface area contributed by atoms with Gasteiger partial charge in [-0.3, -0.25) is 4.79 Å². The number of para-hydroxylation sites is 2. The number of methoxy groups -OCH3 is 2. The van der Waals surface area contributed by atoms with Crippen molar-refractivity contribution >= 4 is 56.5 Å². The van der Waals surface area contributed by atoms with E-state index in [1.165, 1.54) is 44.6 Å². The van der Waals surface area contributed by atoms with Crippen LogP contribution < -0.4 is 24.4 Å². The van der Waals surface area contributed by atoms with Gasteiger partial charge in [0, 0.05) is 29.6 Å². The van der Waals surface area contributed by atoms with Crippen molar-refractivity contribution in [2.75, 3.05) is 29.2 Å². The molecule has 0 spiro atoms. The average Bonchev–Trinajstić information content (AvgIpc) is 2.98. The first-order valence-corrected chi connectivity index (χ1v) is 13.8. The number of benzene rings is 4. The summed E-state index contributed by atoms with van der Waals surface area (Å²) >= 11 is 0. The molecule has 0 bridgehead atoms. The van der Waals surface area contributed by atoms with Crippen molar-refractivity contribution in [2.24, 2.45) is 0 Å². The molecule has 5 aromatic rings. The van der Waals surface area contributed by atoms with E-state index in [1.54, 1.807) is 60.7 Å². The average molecular weight is 588 g/mol. The van der Waals surface area contributed by atoms with E-state index >= 15 is 0 Å².